The van der Waals surface area contributed by atoms with Crippen LogP contribution in [0.15, 0.2) is 18.2 Å². The monoisotopic (exact) mass is 257 g/mol. The largest absolute Gasteiger partial charge is 0.493 e. The van der Waals surface area contributed by atoms with Gasteiger partial charge in [-0.15, -0.1) is 0 Å². The molecule has 0 saturated heterocycles. The van der Waals surface area contributed by atoms with E-state index in [9.17, 15) is 4.79 Å². The smallest absolute Gasteiger partial charge is 0.308 e. The van der Waals surface area contributed by atoms with Gasteiger partial charge in [0.15, 0.2) is 0 Å². The van der Waals surface area contributed by atoms with E-state index >= 15 is 0 Å². The summed E-state index contributed by atoms with van der Waals surface area (Å²) in [4.78, 5) is 10.9. The Kier molecular flexibility index (Phi) is 5.80. The Balaban J connectivity index is 2.63. The van der Waals surface area contributed by atoms with Gasteiger partial charge in [-0.1, -0.05) is 17.7 Å². The van der Waals surface area contributed by atoms with Crippen LogP contribution >= 0.6 is 11.6 Å². The molecule has 0 heterocycles. The lowest BCUT2D eigenvalue weighted by molar-refractivity contribution is -0.141. The van der Waals surface area contributed by atoms with Crippen molar-refractivity contribution in [3.63, 3.8) is 0 Å². The minimum Gasteiger partial charge on any atom is -0.493 e. The zero-order chi connectivity index (χ0) is 12.7. The number of rotatable bonds is 6. The van der Waals surface area contributed by atoms with Crippen molar-refractivity contribution in [3.05, 3.63) is 28.8 Å². The van der Waals surface area contributed by atoms with Gasteiger partial charge in [-0.3, -0.25) is 4.79 Å². The lowest BCUT2D eigenvalue weighted by Crippen LogP contribution is -2.10. The second-order valence-corrected chi connectivity index (χ2v) is 3.84. The molecule has 0 aliphatic rings. The van der Waals surface area contributed by atoms with E-state index in [1.807, 2.05) is 6.07 Å². The number of hydrogen-bond donors (Lipinski definition) is 1. The van der Waals surface area contributed by atoms with Crippen LogP contribution in [-0.2, 0) is 16.0 Å². The molecular weight excluding hydrogens is 242 g/mol. The van der Waals surface area contributed by atoms with Gasteiger partial charge in [0.2, 0.25) is 0 Å². The Morgan fingerprint density at radius 3 is 2.88 bits per heavy atom. The maximum atomic E-state index is 10.9. The second-order valence-electron chi connectivity index (χ2n) is 3.43. The van der Waals surface area contributed by atoms with E-state index in [0.717, 1.165) is 5.56 Å². The number of methoxy groups -OCH3 is 1. The third kappa shape index (κ3) is 4.24. The number of hydrogen-bond acceptors (Lipinski definition) is 4. The summed E-state index contributed by atoms with van der Waals surface area (Å²) in [5.74, 6) is 0.374. The van der Waals surface area contributed by atoms with Gasteiger partial charge in [-0.25, -0.2) is 0 Å². The zero-order valence-corrected chi connectivity index (χ0v) is 10.5. The topological polar surface area (TPSA) is 61.5 Å². The maximum Gasteiger partial charge on any atom is 0.308 e. The van der Waals surface area contributed by atoms with E-state index in [1.165, 1.54) is 7.11 Å². The molecule has 0 aliphatic carbocycles. The maximum absolute atomic E-state index is 10.9. The highest BCUT2D eigenvalue weighted by molar-refractivity contribution is 6.31. The molecule has 0 bridgehead atoms. The lowest BCUT2D eigenvalue weighted by Gasteiger charge is -2.11. The summed E-state index contributed by atoms with van der Waals surface area (Å²) in [6, 6.07) is 5.41. The van der Waals surface area contributed by atoms with Crippen molar-refractivity contribution in [3.8, 4) is 5.75 Å². The van der Waals surface area contributed by atoms with Crippen molar-refractivity contribution in [2.75, 3.05) is 20.3 Å². The van der Waals surface area contributed by atoms with Crippen LogP contribution in [0.1, 0.15) is 12.0 Å². The normalized spacial score (nSPS) is 10.1. The highest BCUT2D eigenvalue weighted by Crippen LogP contribution is 2.26. The van der Waals surface area contributed by atoms with Gasteiger partial charge in [0.25, 0.3) is 0 Å². The summed E-state index contributed by atoms with van der Waals surface area (Å²) in [5, 5.41) is 0.631. The molecule has 0 spiro atoms. The summed E-state index contributed by atoms with van der Waals surface area (Å²) >= 11 is 6.05. The number of carbonyl (C=O) groups is 1. The first kappa shape index (κ1) is 13.8. The van der Waals surface area contributed by atoms with Crippen molar-refractivity contribution in [2.24, 2.45) is 5.73 Å². The summed E-state index contributed by atoms with van der Waals surface area (Å²) < 4.78 is 10.0. The van der Waals surface area contributed by atoms with Crippen molar-refractivity contribution < 1.29 is 14.3 Å². The number of carbonyl (C=O) groups excluding carboxylic acids is 1. The summed E-state index contributed by atoms with van der Waals surface area (Å²) in [7, 11) is 1.35. The molecule has 0 aromatic heterocycles. The van der Waals surface area contributed by atoms with E-state index in [4.69, 9.17) is 22.1 Å². The Morgan fingerprint density at radius 1 is 1.47 bits per heavy atom. The van der Waals surface area contributed by atoms with Gasteiger partial charge in [0, 0.05) is 10.6 Å². The third-order valence-corrected chi connectivity index (χ3v) is 2.62. The van der Waals surface area contributed by atoms with E-state index in [-0.39, 0.29) is 19.0 Å². The SMILES string of the molecule is COC(=O)CCOc1cccc(Cl)c1CCN. The van der Waals surface area contributed by atoms with Crippen LogP contribution in [-0.4, -0.2) is 26.2 Å². The van der Waals surface area contributed by atoms with Gasteiger partial charge in [0.05, 0.1) is 20.1 Å². The van der Waals surface area contributed by atoms with Gasteiger partial charge < -0.3 is 15.2 Å². The fourth-order valence-corrected chi connectivity index (χ4v) is 1.67. The van der Waals surface area contributed by atoms with Crippen molar-refractivity contribution in [1.29, 1.82) is 0 Å². The number of benzene rings is 1. The average molecular weight is 258 g/mol. The minimum absolute atomic E-state index is 0.213. The molecule has 94 valence electrons. The van der Waals surface area contributed by atoms with Crippen molar-refractivity contribution in [1.82, 2.24) is 0 Å². The van der Waals surface area contributed by atoms with E-state index < -0.39 is 0 Å². The molecule has 0 saturated carbocycles. The first-order chi connectivity index (χ1) is 8.19. The summed E-state index contributed by atoms with van der Waals surface area (Å²) in [6.07, 6.45) is 0.859. The first-order valence-electron chi connectivity index (χ1n) is 5.36. The molecule has 0 amide bonds. The average Bonchev–Trinajstić information content (AvgIpc) is 2.33. The molecule has 0 fully saturated rings. The minimum atomic E-state index is -0.299. The fourth-order valence-electron chi connectivity index (χ4n) is 1.41. The second kappa shape index (κ2) is 7.14. The third-order valence-electron chi connectivity index (χ3n) is 2.26. The molecular formula is C12H16ClNO3. The molecule has 1 rings (SSSR count). The van der Waals surface area contributed by atoms with Crippen molar-refractivity contribution >= 4 is 17.6 Å². The fraction of sp³-hybridized carbons (Fsp3) is 0.417. The van der Waals surface area contributed by atoms with Crippen LogP contribution < -0.4 is 10.5 Å². The predicted octanol–water partition coefficient (Wildman–Crippen LogP) is 1.78. The summed E-state index contributed by atoms with van der Waals surface area (Å²) in [5.41, 5.74) is 6.38. The van der Waals surface area contributed by atoms with E-state index in [2.05, 4.69) is 4.74 Å². The quantitative estimate of drug-likeness (QED) is 0.789. The van der Waals surface area contributed by atoms with Crippen molar-refractivity contribution in [2.45, 2.75) is 12.8 Å². The van der Waals surface area contributed by atoms with Crippen LogP contribution in [0.2, 0.25) is 5.02 Å². The Bertz CT molecular complexity index is 382. The van der Waals surface area contributed by atoms with E-state index in [0.29, 0.717) is 23.7 Å². The van der Waals surface area contributed by atoms with Crippen LogP contribution in [0.25, 0.3) is 0 Å². The zero-order valence-electron chi connectivity index (χ0n) is 9.74. The molecule has 0 radical (unpaired) electrons. The van der Waals surface area contributed by atoms with Gasteiger partial charge >= 0.3 is 5.97 Å². The number of halogens is 1. The molecule has 17 heavy (non-hydrogen) atoms. The van der Waals surface area contributed by atoms with Crippen LogP contribution in [0, 0.1) is 0 Å². The number of nitrogens with two attached hydrogens (primary N) is 1. The number of esters is 1. The molecule has 5 heteroatoms. The molecule has 2 N–H and O–H groups in total. The lowest BCUT2D eigenvalue weighted by atomic mass is 10.1. The molecule has 1 aromatic carbocycles. The van der Waals surface area contributed by atoms with E-state index in [1.54, 1.807) is 12.1 Å². The van der Waals surface area contributed by atoms with Crippen LogP contribution in [0.3, 0.4) is 0 Å². The van der Waals surface area contributed by atoms with Gasteiger partial charge in [-0.05, 0) is 25.1 Å². The molecule has 0 aliphatic heterocycles. The summed E-state index contributed by atoms with van der Waals surface area (Å²) in [6.45, 7) is 0.766. The first-order valence-corrected chi connectivity index (χ1v) is 5.74. The Hall–Kier alpha value is -1.26. The van der Waals surface area contributed by atoms with Crippen LogP contribution in [0.5, 0.6) is 5.75 Å². The molecule has 1 aromatic rings. The predicted molar refractivity (Wildman–Crippen MR) is 66.3 cm³/mol. The van der Waals surface area contributed by atoms with Gasteiger partial charge in [-0.2, -0.15) is 0 Å². The molecule has 0 atom stereocenters. The van der Waals surface area contributed by atoms with Gasteiger partial charge in [0.1, 0.15) is 5.75 Å². The highest BCUT2D eigenvalue weighted by Gasteiger charge is 2.08. The standard InChI is InChI=1S/C12H16ClNO3/c1-16-12(15)6-8-17-11-4-2-3-10(13)9(11)5-7-14/h2-4H,5-8,14H2,1H3. The molecule has 0 unspecified atom stereocenters. The van der Waals surface area contributed by atoms with Crippen LogP contribution in [0.4, 0.5) is 0 Å². The molecule has 4 nitrogen and oxygen atoms in total. The number of ether oxygens (including phenoxy) is 2. The Labute approximate surface area is 106 Å². The highest BCUT2D eigenvalue weighted by atomic mass is 35.5. The Morgan fingerprint density at radius 2 is 2.24 bits per heavy atom.